The van der Waals surface area contributed by atoms with Gasteiger partial charge in [0.25, 0.3) is 0 Å². The molecule has 0 saturated heterocycles. The van der Waals surface area contributed by atoms with Crippen LogP contribution in [0.4, 0.5) is 0 Å². The Bertz CT molecular complexity index is 444. The van der Waals surface area contributed by atoms with E-state index >= 15 is 0 Å². The predicted octanol–water partition coefficient (Wildman–Crippen LogP) is 1.84. The largest absolute Gasteiger partial charge is 0.396 e. The van der Waals surface area contributed by atoms with E-state index in [4.69, 9.17) is 5.11 Å². The SMILES string of the molecule is CCN(CCCO)S(=O)(=O)c1ccc(Br)cc1. The maximum atomic E-state index is 12.2. The third kappa shape index (κ3) is 3.77. The van der Waals surface area contributed by atoms with Gasteiger partial charge in [-0.05, 0) is 30.7 Å². The molecule has 0 atom stereocenters. The van der Waals surface area contributed by atoms with Crippen molar-refractivity contribution in [2.24, 2.45) is 0 Å². The van der Waals surface area contributed by atoms with Crippen molar-refractivity contribution in [3.63, 3.8) is 0 Å². The summed E-state index contributed by atoms with van der Waals surface area (Å²) in [6.45, 7) is 2.52. The van der Waals surface area contributed by atoms with Crippen LogP contribution in [0, 0.1) is 0 Å². The van der Waals surface area contributed by atoms with Gasteiger partial charge in [0.1, 0.15) is 0 Å². The fraction of sp³-hybridized carbons (Fsp3) is 0.455. The molecule has 0 aliphatic carbocycles. The molecule has 0 radical (unpaired) electrons. The molecule has 0 unspecified atom stereocenters. The predicted molar refractivity (Wildman–Crippen MR) is 70.3 cm³/mol. The first-order chi connectivity index (χ1) is 8.02. The zero-order valence-electron chi connectivity index (χ0n) is 9.63. The number of aliphatic hydroxyl groups is 1. The molecular weight excluding hydrogens is 306 g/mol. The van der Waals surface area contributed by atoms with E-state index in [0.717, 1.165) is 4.47 Å². The van der Waals surface area contributed by atoms with Crippen LogP contribution in [-0.4, -0.2) is 37.5 Å². The lowest BCUT2D eigenvalue weighted by atomic mass is 10.4. The van der Waals surface area contributed by atoms with E-state index in [9.17, 15) is 8.42 Å². The van der Waals surface area contributed by atoms with Crippen LogP contribution in [0.3, 0.4) is 0 Å². The molecule has 1 aromatic carbocycles. The van der Waals surface area contributed by atoms with Gasteiger partial charge in [0.15, 0.2) is 0 Å². The number of halogens is 1. The molecular formula is C11H16BrNO3S. The molecule has 1 N–H and O–H groups in total. The highest BCUT2D eigenvalue weighted by Gasteiger charge is 2.22. The first-order valence-corrected chi connectivity index (χ1v) is 7.62. The topological polar surface area (TPSA) is 57.6 Å². The summed E-state index contributed by atoms with van der Waals surface area (Å²) < 4.78 is 26.6. The second-order valence-corrected chi connectivity index (χ2v) is 6.38. The summed E-state index contributed by atoms with van der Waals surface area (Å²) in [5.41, 5.74) is 0. The smallest absolute Gasteiger partial charge is 0.243 e. The normalized spacial score (nSPS) is 12.0. The zero-order chi connectivity index (χ0) is 12.9. The molecule has 96 valence electrons. The minimum absolute atomic E-state index is 0.00758. The van der Waals surface area contributed by atoms with Gasteiger partial charge in [0.2, 0.25) is 10.0 Å². The third-order valence-corrected chi connectivity index (χ3v) is 4.89. The standard InChI is InChI=1S/C11H16BrNO3S/c1-2-13(8-3-9-14)17(15,16)11-6-4-10(12)5-7-11/h4-7,14H,2-3,8-9H2,1H3. The second-order valence-electron chi connectivity index (χ2n) is 3.53. The lowest BCUT2D eigenvalue weighted by Crippen LogP contribution is -2.32. The number of hydrogen-bond donors (Lipinski definition) is 1. The number of aliphatic hydroxyl groups excluding tert-OH is 1. The fourth-order valence-corrected chi connectivity index (χ4v) is 3.20. The molecule has 0 heterocycles. The van der Waals surface area contributed by atoms with Crippen LogP contribution in [0.15, 0.2) is 33.6 Å². The molecule has 17 heavy (non-hydrogen) atoms. The van der Waals surface area contributed by atoms with Crippen LogP contribution in [0.2, 0.25) is 0 Å². The molecule has 1 rings (SSSR count). The average molecular weight is 322 g/mol. The van der Waals surface area contributed by atoms with Gasteiger partial charge < -0.3 is 5.11 Å². The Labute approximate surface area is 110 Å². The molecule has 6 heteroatoms. The van der Waals surface area contributed by atoms with Gasteiger partial charge in [0, 0.05) is 24.2 Å². The van der Waals surface area contributed by atoms with Gasteiger partial charge in [-0.3, -0.25) is 0 Å². The highest BCUT2D eigenvalue weighted by molar-refractivity contribution is 9.10. The van der Waals surface area contributed by atoms with E-state index in [1.54, 1.807) is 31.2 Å². The number of hydrogen-bond acceptors (Lipinski definition) is 3. The summed E-state index contributed by atoms with van der Waals surface area (Å²) in [5, 5.41) is 8.76. The molecule has 0 aromatic heterocycles. The van der Waals surface area contributed by atoms with Crippen molar-refractivity contribution in [1.82, 2.24) is 4.31 Å². The van der Waals surface area contributed by atoms with Crippen molar-refractivity contribution in [1.29, 1.82) is 0 Å². The monoisotopic (exact) mass is 321 g/mol. The van der Waals surface area contributed by atoms with Crippen molar-refractivity contribution < 1.29 is 13.5 Å². The van der Waals surface area contributed by atoms with Crippen LogP contribution < -0.4 is 0 Å². The van der Waals surface area contributed by atoms with E-state index in [1.165, 1.54) is 4.31 Å². The molecule has 0 fully saturated rings. The highest BCUT2D eigenvalue weighted by atomic mass is 79.9. The number of rotatable bonds is 6. The van der Waals surface area contributed by atoms with Gasteiger partial charge in [-0.1, -0.05) is 22.9 Å². The summed E-state index contributed by atoms with van der Waals surface area (Å²) in [4.78, 5) is 0.278. The Morgan fingerprint density at radius 2 is 1.88 bits per heavy atom. The quantitative estimate of drug-likeness (QED) is 0.869. The average Bonchev–Trinajstić information content (AvgIpc) is 2.30. The summed E-state index contributed by atoms with van der Waals surface area (Å²) in [6.07, 6.45) is 0.448. The third-order valence-electron chi connectivity index (χ3n) is 2.37. The van der Waals surface area contributed by atoms with Gasteiger partial charge >= 0.3 is 0 Å². The van der Waals surface area contributed by atoms with Gasteiger partial charge in [-0.25, -0.2) is 8.42 Å². The summed E-state index contributed by atoms with van der Waals surface area (Å²) in [6, 6.07) is 6.54. The molecule has 0 bridgehead atoms. The molecule has 0 saturated carbocycles. The number of nitrogens with zero attached hydrogens (tertiary/aromatic N) is 1. The van der Waals surface area contributed by atoms with Crippen LogP contribution in [0.25, 0.3) is 0 Å². The van der Waals surface area contributed by atoms with Gasteiger partial charge in [0.05, 0.1) is 4.90 Å². The molecule has 0 amide bonds. The molecule has 1 aromatic rings. The Balaban J connectivity index is 2.95. The summed E-state index contributed by atoms with van der Waals surface area (Å²) in [5.74, 6) is 0. The molecule has 4 nitrogen and oxygen atoms in total. The maximum Gasteiger partial charge on any atom is 0.243 e. The lowest BCUT2D eigenvalue weighted by molar-refractivity contribution is 0.271. The fourth-order valence-electron chi connectivity index (χ4n) is 1.45. The Morgan fingerprint density at radius 1 is 1.29 bits per heavy atom. The van der Waals surface area contributed by atoms with E-state index in [1.807, 2.05) is 0 Å². The number of sulfonamides is 1. The Morgan fingerprint density at radius 3 is 2.35 bits per heavy atom. The van der Waals surface area contributed by atoms with E-state index in [-0.39, 0.29) is 11.5 Å². The molecule has 0 spiro atoms. The maximum absolute atomic E-state index is 12.2. The summed E-state index contributed by atoms with van der Waals surface area (Å²) >= 11 is 3.27. The van der Waals surface area contributed by atoms with Crippen molar-refractivity contribution in [2.75, 3.05) is 19.7 Å². The van der Waals surface area contributed by atoms with Crippen LogP contribution in [0.1, 0.15) is 13.3 Å². The van der Waals surface area contributed by atoms with Crippen molar-refractivity contribution in [3.8, 4) is 0 Å². The van der Waals surface area contributed by atoms with E-state index in [2.05, 4.69) is 15.9 Å². The highest BCUT2D eigenvalue weighted by Crippen LogP contribution is 2.18. The minimum Gasteiger partial charge on any atom is -0.396 e. The van der Waals surface area contributed by atoms with Gasteiger partial charge in [-0.2, -0.15) is 4.31 Å². The zero-order valence-corrected chi connectivity index (χ0v) is 12.0. The van der Waals surface area contributed by atoms with Crippen LogP contribution >= 0.6 is 15.9 Å². The molecule has 0 aliphatic heterocycles. The van der Waals surface area contributed by atoms with Crippen LogP contribution in [-0.2, 0) is 10.0 Å². The Kier molecular flexibility index (Phi) is 5.58. The molecule has 0 aliphatic rings. The lowest BCUT2D eigenvalue weighted by Gasteiger charge is -2.20. The summed E-state index contributed by atoms with van der Waals surface area (Å²) in [7, 11) is -3.44. The van der Waals surface area contributed by atoms with Crippen molar-refractivity contribution in [2.45, 2.75) is 18.2 Å². The van der Waals surface area contributed by atoms with Crippen LogP contribution in [0.5, 0.6) is 0 Å². The first-order valence-electron chi connectivity index (χ1n) is 5.39. The Hall–Kier alpha value is -0.430. The van der Waals surface area contributed by atoms with Crippen molar-refractivity contribution >= 4 is 26.0 Å². The minimum atomic E-state index is -3.44. The second kappa shape index (κ2) is 6.49. The van der Waals surface area contributed by atoms with Crippen molar-refractivity contribution in [3.05, 3.63) is 28.7 Å². The van der Waals surface area contributed by atoms with E-state index in [0.29, 0.717) is 19.5 Å². The van der Waals surface area contributed by atoms with E-state index < -0.39 is 10.0 Å². The number of benzene rings is 1. The van der Waals surface area contributed by atoms with Gasteiger partial charge in [-0.15, -0.1) is 0 Å². The first kappa shape index (κ1) is 14.6.